The van der Waals surface area contributed by atoms with Crippen molar-refractivity contribution in [1.29, 1.82) is 0 Å². The highest BCUT2D eigenvalue weighted by Gasteiger charge is 2.18. The van der Waals surface area contributed by atoms with Gasteiger partial charge >= 0.3 is 0 Å². The van der Waals surface area contributed by atoms with Crippen LogP contribution in [0, 0.1) is 0 Å². The van der Waals surface area contributed by atoms with Crippen LogP contribution in [-0.4, -0.2) is 73.1 Å². The number of hydrogen-bond donors (Lipinski definition) is 2. The summed E-state index contributed by atoms with van der Waals surface area (Å²) in [7, 11) is 4.20. The van der Waals surface area contributed by atoms with Crippen LogP contribution in [0.15, 0.2) is 6.07 Å². The maximum absolute atomic E-state index is 5.70. The standard InChI is InChI=1S/C12H23N7/c1-17(2)3-4-18-5-7-19(8-6-18)11-9-10(13)15-12(14)16-11/h9H,3-8H2,1-2H3,(H4,13,14,15,16). The van der Waals surface area contributed by atoms with E-state index in [-0.39, 0.29) is 5.95 Å². The third kappa shape index (κ3) is 3.93. The Kier molecular flexibility index (Phi) is 4.39. The lowest BCUT2D eigenvalue weighted by molar-refractivity contribution is 0.229. The van der Waals surface area contributed by atoms with Gasteiger partial charge in [-0.15, -0.1) is 0 Å². The summed E-state index contributed by atoms with van der Waals surface area (Å²) in [5.41, 5.74) is 11.3. The van der Waals surface area contributed by atoms with E-state index in [0.29, 0.717) is 5.82 Å². The fraction of sp³-hybridized carbons (Fsp3) is 0.667. The summed E-state index contributed by atoms with van der Waals surface area (Å²) in [5.74, 6) is 1.50. The topological polar surface area (TPSA) is 87.5 Å². The van der Waals surface area contributed by atoms with Gasteiger partial charge in [-0.25, -0.2) is 0 Å². The molecule has 0 unspecified atom stereocenters. The van der Waals surface area contributed by atoms with Crippen LogP contribution >= 0.6 is 0 Å². The SMILES string of the molecule is CN(C)CCN1CCN(c2cc(N)nc(N)n2)CC1. The van der Waals surface area contributed by atoms with Crippen LogP contribution in [0.2, 0.25) is 0 Å². The molecular formula is C12H23N7. The van der Waals surface area contributed by atoms with Gasteiger partial charge in [-0.2, -0.15) is 9.97 Å². The summed E-state index contributed by atoms with van der Waals surface area (Å²) in [6.45, 7) is 6.17. The zero-order valence-electron chi connectivity index (χ0n) is 11.7. The summed E-state index contributed by atoms with van der Waals surface area (Å²) in [5, 5.41) is 0. The van der Waals surface area contributed by atoms with E-state index < -0.39 is 0 Å². The second kappa shape index (κ2) is 6.03. The van der Waals surface area contributed by atoms with Crippen molar-refractivity contribution >= 4 is 17.6 Å². The highest BCUT2D eigenvalue weighted by molar-refractivity contribution is 5.50. The Balaban J connectivity index is 1.89. The number of nitrogens with two attached hydrogens (primary N) is 2. The average Bonchev–Trinajstić information content (AvgIpc) is 2.36. The van der Waals surface area contributed by atoms with E-state index in [4.69, 9.17) is 11.5 Å². The Labute approximate surface area is 114 Å². The molecule has 106 valence electrons. The van der Waals surface area contributed by atoms with Crippen molar-refractivity contribution in [2.75, 3.05) is 69.7 Å². The molecule has 1 saturated heterocycles. The van der Waals surface area contributed by atoms with Crippen molar-refractivity contribution in [3.63, 3.8) is 0 Å². The van der Waals surface area contributed by atoms with E-state index in [1.54, 1.807) is 6.07 Å². The first-order chi connectivity index (χ1) is 9.04. The third-order valence-corrected chi connectivity index (χ3v) is 3.31. The van der Waals surface area contributed by atoms with Crippen LogP contribution in [0.1, 0.15) is 0 Å². The van der Waals surface area contributed by atoms with E-state index >= 15 is 0 Å². The molecule has 0 atom stereocenters. The molecule has 19 heavy (non-hydrogen) atoms. The van der Waals surface area contributed by atoms with Gasteiger partial charge in [-0.1, -0.05) is 0 Å². The molecule has 0 spiro atoms. The van der Waals surface area contributed by atoms with Crippen LogP contribution < -0.4 is 16.4 Å². The van der Waals surface area contributed by atoms with Gasteiger partial charge in [0.15, 0.2) is 0 Å². The van der Waals surface area contributed by atoms with E-state index in [1.165, 1.54) is 0 Å². The molecule has 1 fully saturated rings. The lowest BCUT2D eigenvalue weighted by Gasteiger charge is -2.35. The van der Waals surface area contributed by atoms with Gasteiger partial charge < -0.3 is 21.3 Å². The van der Waals surface area contributed by atoms with Crippen LogP contribution in [0.3, 0.4) is 0 Å². The minimum Gasteiger partial charge on any atom is -0.383 e. The highest BCUT2D eigenvalue weighted by Crippen LogP contribution is 2.16. The van der Waals surface area contributed by atoms with Gasteiger partial charge in [0.2, 0.25) is 5.95 Å². The normalized spacial score (nSPS) is 17.1. The largest absolute Gasteiger partial charge is 0.383 e. The molecule has 0 saturated carbocycles. The molecule has 2 heterocycles. The summed E-state index contributed by atoms with van der Waals surface area (Å²) in [6.07, 6.45) is 0. The van der Waals surface area contributed by atoms with Crippen LogP contribution in [0.25, 0.3) is 0 Å². The number of nitrogens with zero attached hydrogens (tertiary/aromatic N) is 5. The van der Waals surface area contributed by atoms with Gasteiger partial charge in [-0.3, -0.25) is 4.90 Å². The molecule has 7 nitrogen and oxygen atoms in total. The Morgan fingerprint density at radius 1 is 1.16 bits per heavy atom. The second-order valence-electron chi connectivity index (χ2n) is 5.14. The molecule has 7 heteroatoms. The van der Waals surface area contributed by atoms with Crippen LogP contribution in [0.4, 0.5) is 17.6 Å². The molecule has 0 bridgehead atoms. The number of anilines is 3. The van der Waals surface area contributed by atoms with E-state index in [0.717, 1.165) is 45.1 Å². The maximum atomic E-state index is 5.70. The number of piperazine rings is 1. The number of nitrogen functional groups attached to an aromatic ring is 2. The van der Waals surface area contributed by atoms with E-state index in [2.05, 4.69) is 38.8 Å². The van der Waals surface area contributed by atoms with Crippen molar-refractivity contribution in [3.8, 4) is 0 Å². The smallest absolute Gasteiger partial charge is 0.223 e. The second-order valence-corrected chi connectivity index (χ2v) is 5.14. The van der Waals surface area contributed by atoms with Gasteiger partial charge in [-0.05, 0) is 14.1 Å². The van der Waals surface area contributed by atoms with Crippen molar-refractivity contribution in [1.82, 2.24) is 19.8 Å². The van der Waals surface area contributed by atoms with Gasteiger partial charge in [0.05, 0.1) is 0 Å². The summed E-state index contributed by atoms with van der Waals surface area (Å²) in [4.78, 5) is 15.0. The van der Waals surface area contributed by atoms with Crippen molar-refractivity contribution in [3.05, 3.63) is 6.07 Å². The molecule has 4 N–H and O–H groups in total. The lowest BCUT2D eigenvalue weighted by atomic mass is 10.3. The lowest BCUT2D eigenvalue weighted by Crippen LogP contribution is -2.48. The quantitative estimate of drug-likeness (QED) is 0.746. The average molecular weight is 265 g/mol. The molecule has 0 aliphatic carbocycles. The summed E-state index contributed by atoms with van der Waals surface area (Å²) >= 11 is 0. The third-order valence-electron chi connectivity index (χ3n) is 3.31. The molecule has 2 rings (SSSR count). The van der Waals surface area contributed by atoms with Crippen molar-refractivity contribution < 1.29 is 0 Å². The number of likely N-dealkylation sites (N-methyl/N-ethyl adjacent to an activating group) is 1. The number of rotatable bonds is 4. The molecular weight excluding hydrogens is 242 g/mol. The predicted octanol–water partition coefficient (Wildman–Crippen LogP) is -0.675. The minimum absolute atomic E-state index is 0.241. The van der Waals surface area contributed by atoms with Crippen LogP contribution in [-0.2, 0) is 0 Å². The fourth-order valence-corrected chi connectivity index (χ4v) is 2.18. The molecule has 0 amide bonds. The Morgan fingerprint density at radius 2 is 1.84 bits per heavy atom. The molecule has 1 aromatic heterocycles. The molecule has 0 aromatic carbocycles. The molecule has 0 radical (unpaired) electrons. The number of aromatic nitrogens is 2. The monoisotopic (exact) mass is 265 g/mol. The summed E-state index contributed by atoms with van der Waals surface area (Å²) in [6, 6.07) is 1.78. The minimum atomic E-state index is 0.241. The van der Waals surface area contributed by atoms with Gasteiger partial charge in [0.1, 0.15) is 11.6 Å². The molecule has 1 aliphatic heterocycles. The zero-order valence-corrected chi connectivity index (χ0v) is 11.7. The Bertz CT molecular complexity index is 392. The van der Waals surface area contributed by atoms with Crippen molar-refractivity contribution in [2.45, 2.75) is 0 Å². The highest BCUT2D eigenvalue weighted by atomic mass is 15.3. The Morgan fingerprint density at radius 3 is 2.42 bits per heavy atom. The van der Waals surface area contributed by atoms with E-state index in [1.807, 2.05) is 0 Å². The Hall–Kier alpha value is -1.60. The summed E-state index contributed by atoms with van der Waals surface area (Å²) < 4.78 is 0. The molecule has 1 aliphatic rings. The first-order valence-corrected chi connectivity index (χ1v) is 6.56. The predicted molar refractivity (Wildman–Crippen MR) is 78.1 cm³/mol. The number of hydrogen-bond acceptors (Lipinski definition) is 7. The van der Waals surface area contributed by atoms with Gasteiger partial charge in [0.25, 0.3) is 0 Å². The molecule has 1 aromatic rings. The van der Waals surface area contributed by atoms with Crippen molar-refractivity contribution in [2.24, 2.45) is 0 Å². The zero-order chi connectivity index (χ0) is 13.8. The maximum Gasteiger partial charge on any atom is 0.223 e. The van der Waals surface area contributed by atoms with Crippen LogP contribution in [0.5, 0.6) is 0 Å². The first kappa shape index (κ1) is 13.8. The first-order valence-electron chi connectivity index (χ1n) is 6.56. The van der Waals surface area contributed by atoms with E-state index in [9.17, 15) is 0 Å². The van der Waals surface area contributed by atoms with Gasteiger partial charge in [0, 0.05) is 45.3 Å². The fourth-order valence-electron chi connectivity index (χ4n) is 2.18.